The van der Waals surface area contributed by atoms with E-state index >= 15 is 0 Å². The van der Waals surface area contributed by atoms with Gasteiger partial charge in [-0.15, -0.1) is 10.2 Å². The lowest BCUT2D eigenvalue weighted by atomic mass is 10.3. The first-order chi connectivity index (χ1) is 8.65. The van der Waals surface area contributed by atoms with Crippen molar-refractivity contribution >= 4 is 32.9 Å². The van der Waals surface area contributed by atoms with Crippen LogP contribution in [-0.2, 0) is 0 Å². The van der Waals surface area contributed by atoms with Crippen molar-refractivity contribution in [1.82, 2.24) is 9.36 Å². The van der Waals surface area contributed by atoms with Crippen LogP contribution >= 0.6 is 22.9 Å². The van der Waals surface area contributed by atoms with Crippen LogP contribution in [0.15, 0.2) is 10.2 Å². The summed E-state index contributed by atoms with van der Waals surface area (Å²) in [6.07, 6.45) is 0. The van der Waals surface area contributed by atoms with Crippen molar-refractivity contribution in [3.8, 4) is 11.3 Å². The minimum Gasteiger partial charge on any atom is -0.473 e. The van der Waals surface area contributed by atoms with Gasteiger partial charge in [-0.1, -0.05) is 11.3 Å². The minimum absolute atomic E-state index is 0.470. The second-order valence-corrected chi connectivity index (χ2v) is 5.03. The van der Waals surface area contributed by atoms with Crippen molar-refractivity contribution in [2.75, 3.05) is 7.11 Å². The summed E-state index contributed by atoms with van der Waals surface area (Å²) in [6.45, 7) is 3.60. The number of azo groups is 1. The van der Waals surface area contributed by atoms with Gasteiger partial charge in [-0.2, -0.15) is 9.64 Å². The molecule has 2 aromatic heterocycles. The molecule has 0 aliphatic rings. The highest BCUT2D eigenvalue weighted by atomic mass is 32.1. The predicted molar refractivity (Wildman–Crippen MR) is 69.1 cm³/mol. The van der Waals surface area contributed by atoms with Gasteiger partial charge in [0.15, 0.2) is 10.0 Å². The van der Waals surface area contributed by atoms with Crippen LogP contribution < -0.4 is 4.74 Å². The highest BCUT2D eigenvalue weighted by molar-refractivity contribution is 7.17. The molecule has 92 valence electrons. The van der Waals surface area contributed by atoms with Gasteiger partial charge in [-0.05, 0) is 25.4 Å². The first-order valence-corrected chi connectivity index (χ1v) is 6.54. The van der Waals surface area contributed by atoms with E-state index in [0.29, 0.717) is 26.5 Å². The number of ether oxygens (including phenoxy) is 1. The molecule has 0 saturated heterocycles. The van der Waals surface area contributed by atoms with Crippen molar-refractivity contribution in [1.29, 1.82) is 5.26 Å². The Kier molecular flexibility index (Phi) is 3.64. The zero-order valence-electron chi connectivity index (χ0n) is 9.96. The molecular formula is C10H9N5OS2. The van der Waals surface area contributed by atoms with Crippen LogP contribution in [0.5, 0.6) is 5.19 Å². The van der Waals surface area contributed by atoms with Gasteiger partial charge in [0.05, 0.1) is 18.5 Å². The molecule has 0 spiro atoms. The van der Waals surface area contributed by atoms with Gasteiger partial charge in [0.2, 0.25) is 0 Å². The quantitative estimate of drug-likeness (QED) is 0.805. The Morgan fingerprint density at radius 3 is 2.56 bits per heavy atom. The monoisotopic (exact) mass is 279 g/mol. The van der Waals surface area contributed by atoms with Crippen LogP contribution in [0.1, 0.15) is 17.0 Å². The number of methoxy groups -OCH3 is 1. The van der Waals surface area contributed by atoms with Crippen LogP contribution in [-0.4, -0.2) is 16.5 Å². The van der Waals surface area contributed by atoms with Crippen LogP contribution in [0.25, 0.3) is 0 Å². The number of nitrogens with zero attached hydrogens (tertiary/aromatic N) is 5. The standard InChI is InChI=1S/C10H9N5OS2/c1-5-7(4-11)9(18-15-5)14-13-8-6(2)12-10(16-3)17-8/h1-3H3/b14-13+. The molecule has 0 radical (unpaired) electrons. The fourth-order valence-electron chi connectivity index (χ4n) is 1.19. The summed E-state index contributed by atoms with van der Waals surface area (Å²) in [6, 6.07) is 2.07. The number of aryl methyl sites for hydroxylation is 2. The topological polar surface area (TPSA) is 83.5 Å². The lowest BCUT2D eigenvalue weighted by molar-refractivity contribution is 0.411. The summed E-state index contributed by atoms with van der Waals surface area (Å²) in [7, 11) is 1.56. The van der Waals surface area contributed by atoms with E-state index in [1.165, 1.54) is 11.3 Å². The summed E-state index contributed by atoms with van der Waals surface area (Å²) < 4.78 is 9.09. The van der Waals surface area contributed by atoms with Crippen LogP contribution in [0, 0.1) is 25.2 Å². The van der Waals surface area contributed by atoms with Crippen LogP contribution in [0.2, 0.25) is 0 Å². The Morgan fingerprint density at radius 1 is 1.22 bits per heavy atom. The molecule has 0 aromatic carbocycles. The fourth-order valence-corrected chi connectivity index (χ4v) is 2.57. The second kappa shape index (κ2) is 5.20. The second-order valence-electron chi connectivity index (χ2n) is 3.33. The molecule has 2 aromatic rings. The van der Waals surface area contributed by atoms with Crippen molar-refractivity contribution in [2.45, 2.75) is 13.8 Å². The molecule has 0 bridgehead atoms. The van der Waals surface area contributed by atoms with Crippen LogP contribution in [0.4, 0.5) is 10.0 Å². The number of hydrogen-bond donors (Lipinski definition) is 0. The normalized spacial score (nSPS) is 10.8. The summed E-state index contributed by atoms with van der Waals surface area (Å²) in [4.78, 5) is 4.15. The highest BCUT2D eigenvalue weighted by Crippen LogP contribution is 2.34. The molecule has 18 heavy (non-hydrogen) atoms. The van der Waals surface area contributed by atoms with Crippen molar-refractivity contribution in [3.63, 3.8) is 0 Å². The third-order valence-corrected chi connectivity index (χ3v) is 3.94. The Balaban J connectivity index is 2.30. The predicted octanol–water partition coefficient (Wildman–Crippen LogP) is 3.51. The zero-order valence-corrected chi connectivity index (χ0v) is 11.6. The summed E-state index contributed by atoms with van der Waals surface area (Å²) in [5, 5.41) is 18.8. The van der Waals surface area contributed by atoms with E-state index < -0.39 is 0 Å². The lowest BCUT2D eigenvalue weighted by Crippen LogP contribution is -1.79. The molecular weight excluding hydrogens is 270 g/mol. The van der Waals surface area contributed by atoms with Gasteiger partial charge in [0.1, 0.15) is 11.6 Å². The molecule has 0 amide bonds. The number of thiazole rings is 1. The maximum Gasteiger partial charge on any atom is 0.275 e. The molecule has 2 rings (SSSR count). The minimum atomic E-state index is 0.470. The Hall–Kier alpha value is -1.85. The third-order valence-electron chi connectivity index (χ3n) is 2.12. The molecule has 2 heterocycles. The molecule has 0 unspecified atom stereocenters. The maximum absolute atomic E-state index is 8.97. The molecule has 0 N–H and O–H groups in total. The number of aromatic nitrogens is 2. The molecule has 6 nitrogen and oxygen atoms in total. The summed E-state index contributed by atoms with van der Waals surface area (Å²) in [5.74, 6) is 0. The fraction of sp³-hybridized carbons (Fsp3) is 0.300. The maximum atomic E-state index is 8.97. The van der Waals surface area contributed by atoms with E-state index in [1.54, 1.807) is 14.0 Å². The van der Waals surface area contributed by atoms with E-state index in [9.17, 15) is 0 Å². The number of nitriles is 1. The van der Waals surface area contributed by atoms with Crippen molar-refractivity contribution < 1.29 is 4.74 Å². The number of hydrogen-bond acceptors (Lipinski definition) is 8. The Morgan fingerprint density at radius 2 is 1.94 bits per heavy atom. The smallest absolute Gasteiger partial charge is 0.275 e. The lowest BCUT2D eigenvalue weighted by Gasteiger charge is -1.87. The molecule has 0 saturated carbocycles. The SMILES string of the molecule is COc1nc(C)c(/N=N/c2snc(C)c2C#N)s1. The first-order valence-electron chi connectivity index (χ1n) is 4.95. The molecule has 0 aliphatic heterocycles. The average molecular weight is 279 g/mol. The van der Waals surface area contributed by atoms with E-state index in [1.807, 2.05) is 6.92 Å². The van der Waals surface area contributed by atoms with E-state index in [4.69, 9.17) is 10.00 Å². The molecule has 0 atom stereocenters. The van der Waals surface area contributed by atoms with Crippen molar-refractivity contribution in [3.05, 3.63) is 17.0 Å². The van der Waals surface area contributed by atoms with Crippen molar-refractivity contribution in [2.24, 2.45) is 10.2 Å². The molecule has 0 fully saturated rings. The van der Waals surface area contributed by atoms with Gasteiger partial charge in [-0.3, -0.25) is 0 Å². The number of rotatable bonds is 3. The van der Waals surface area contributed by atoms with Gasteiger partial charge < -0.3 is 4.74 Å². The zero-order chi connectivity index (χ0) is 13.1. The van der Waals surface area contributed by atoms with Gasteiger partial charge in [0.25, 0.3) is 5.19 Å². The first kappa shape index (κ1) is 12.6. The van der Waals surface area contributed by atoms with E-state index in [2.05, 4.69) is 25.7 Å². The highest BCUT2D eigenvalue weighted by Gasteiger charge is 2.11. The third kappa shape index (κ3) is 2.37. The Bertz CT molecular complexity index is 637. The summed E-state index contributed by atoms with van der Waals surface area (Å²) >= 11 is 2.47. The van der Waals surface area contributed by atoms with E-state index in [0.717, 1.165) is 17.2 Å². The summed E-state index contributed by atoms with van der Waals surface area (Å²) in [5.41, 5.74) is 1.90. The molecule has 8 heteroatoms. The Labute approximate surface area is 112 Å². The largest absolute Gasteiger partial charge is 0.473 e. The average Bonchev–Trinajstić information content (AvgIpc) is 2.90. The van der Waals surface area contributed by atoms with Gasteiger partial charge >= 0.3 is 0 Å². The van der Waals surface area contributed by atoms with Gasteiger partial charge in [0, 0.05) is 0 Å². The van der Waals surface area contributed by atoms with Crippen LogP contribution in [0.3, 0.4) is 0 Å². The van der Waals surface area contributed by atoms with E-state index in [-0.39, 0.29) is 0 Å². The molecule has 0 aliphatic carbocycles. The van der Waals surface area contributed by atoms with Gasteiger partial charge in [-0.25, -0.2) is 4.98 Å².